The fourth-order valence-electron chi connectivity index (χ4n) is 3.42. The standard InChI is InChI=1S/C27H25NO4/c1-30-27(29)22-15-17-23(18-16-22)31-19-9-8-14-24-28-25(20-10-4-2-5-11-20)26(32-24)21-12-6-3-7-13-21/h2-7,10-13,15-18H,8-9,14,19H2,1H3. The number of rotatable bonds is 9. The predicted molar refractivity (Wildman–Crippen MR) is 124 cm³/mol. The fraction of sp³-hybridized carbons (Fsp3) is 0.185. The summed E-state index contributed by atoms with van der Waals surface area (Å²) in [6.45, 7) is 0.579. The molecule has 0 bridgehead atoms. The number of carbonyl (C=O) groups excluding carboxylic acids is 1. The first-order valence-corrected chi connectivity index (χ1v) is 10.7. The molecule has 0 aliphatic carbocycles. The number of oxazole rings is 1. The first kappa shape index (κ1) is 21.4. The van der Waals surface area contributed by atoms with Gasteiger partial charge in [-0.15, -0.1) is 0 Å². The van der Waals surface area contributed by atoms with Gasteiger partial charge in [0.15, 0.2) is 11.7 Å². The van der Waals surface area contributed by atoms with E-state index in [1.54, 1.807) is 24.3 Å². The highest BCUT2D eigenvalue weighted by Gasteiger charge is 2.16. The number of methoxy groups -OCH3 is 1. The molecule has 0 spiro atoms. The molecule has 0 fully saturated rings. The van der Waals surface area contributed by atoms with Gasteiger partial charge in [0.2, 0.25) is 0 Å². The minimum atomic E-state index is -0.354. The van der Waals surface area contributed by atoms with E-state index in [1.165, 1.54) is 7.11 Å². The number of aromatic nitrogens is 1. The molecule has 0 aliphatic heterocycles. The lowest BCUT2D eigenvalue weighted by atomic mass is 10.1. The van der Waals surface area contributed by atoms with Crippen molar-refractivity contribution >= 4 is 5.97 Å². The normalized spacial score (nSPS) is 10.7. The molecule has 4 rings (SSSR count). The summed E-state index contributed by atoms with van der Waals surface area (Å²) < 4.78 is 16.7. The third-order valence-corrected chi connectivity index (χ3v) is 5.08. The van der Waals surface area contributed by atoms with E-state index >= 15 is 0 Å². The van der Waals surface area contributed by atoms with Gasteiger partial charge in [0.1, 0.15) is 11.4 Å². The zero-order valence-electron chi connectivity index (χ0n) is 18.0. The molecule has 0 atom stereocenters. The third-order valence-electron chi connectivity index (χ3n) is 5.08. The van der Waals surface area contributed by atoms with Gasteiger partial charge in [0, 0.05) is 17.5 Å². The smallest absolute Gasteiger partial charge is 0.337 e. The first-order valence-electron chi connectivity index (χ1n) is 10.7. The third kappa shape index (κ3) is 5.24. The summed E-state index contributed by atoms with van der Waals surface area (Å²) in [6.07, 6.45) is 2.49. The Hall–Kier alpha value is -3.86. The molecule has 4 aromatic rings. The highest BCUT2D eigenvalue weighted by molar-refractivity contribution is 5.89. The van der Waals surface area contributed by atoms with Gasteiger partial charge in [-0.25, -0.2) is 9.78 Å². The van der Waals surface area contributed by atoms with Crippen molar-refractivity contribution in [2.75, 3.05) is 13.7 Å². The molecule has 0 radical (unpaired) electrons. The molecule has 162 valence electrons. The van der Waals surface area contributed by atoms with Crippen molar-refractivity contribution in [2.24, 2.45) is 0 Å². The number of ether oxygens (including phenoxy) is 2. The summed E-state index contributed by atoms with van der Waals surface area (Å²) in [4.78, 5) is 16.3. The van der Waals surface area contributed by atoms with E-state index in [-0.39, 0.29) is 5.97 Å². The highest BCUT2D eigenvalue weighted by atomic mass is 16.5. The van der Waals surface area contributed by atoms with E-state index in [4.69, 9.17) is 18.9 Å². The maximum atomic E-state index is 11.5. The van der Waals surface area contributed by atoms with Gasteiger partial charge in [-0.2, -0.15) is 0 Å². The van der Waals surface area contributed by atoms with Crippen molar-refractivity contribution in [1.29, 1.82) is 0 Å². The quantitative estimate of drug-likeness (QED) is 0.235. The van der Waals surface area contributed by atoms with Crippen LogP contribution in [0, 0.1) is 0 Å². The van der Waals surface area contributed by atoms with Crippen molar-refractivity contribution in [1.82, 2.24) is 4.98 Å². The molecule has 0 saturated carbocycles. The van der Waals surface area contributed by atoms with Crippen molar-refractivity contribution in [2.45, 2.75) is 19.3 Å². The molecule has 0 unspecified atom stereocenters. The van der Waals surface area contributed by atoms with Crippen LogP contribution < -0.4 is 4.74 Å². The highest BCUT2D eigenvalue weighted by Crippen LogP contribution is 2.32. The Labute approximate surface area is 187 Å². The molecule has 0 N–H and O–H groups in total. The minimum Gasteiger partial charge on any atom is -0.494 e. The Bertz CT molecular complexity index is 1080. The van der Waals surface area contributed by atoms with Crippen LogP contribution in [0.2, 0.25) is 0 Å². The Balaban J connectivity index is 1.35. The average Bonchev–Trinajstić information content (AvgIpc) is 3.29. The van der Waals surface area contributed by atoms with Crippen LogP contribution in [-0.2, 0) is 11.2 Å². The van der Waals surface area contributed by atoms with Crippen LogP contribution in [0.15, 0.2) is 89.3 Å². The van der Waals surface area contributed by atoms with Crippen LogP contribution in [0.3, 0.4) is 0 Å². The van der Waals surface area contributed by atoms with E-state index in [1.807, 2.05) is 60.7 Å². The first-order chi connectivity index (χ1) is 15.7. The maximum absolute atomic E-state index is 11.5. The second-order valence-electron chi connectivity index (χ2n) is 7.34. The molecule has 0 amide bonds. The van der Waals surface area contributed by atoms with Gasteiger partial charge < -0.3 is 13.9 Å². The van der Waals surface area contributed by atoms with Crippen LogP contribution in [0.4, 0.5) is 0 Å². The van der Waals surface area contributed by atoms with Crippen LogP contribution in [-0.4, -0.2) is 24.7 Å². The number of benzene rings is 3. The maximum Gasteiger partial charge on any atom is 0.337 e. The van der Waals surface area contributed by atoms with Crippen molar-refractivity contribution < 1.29 is 18.7 Å². The van der Waals surface area contributed by atoms with Crippen molar-refractivity contribution in [3.8, 4) is 28.3 Å². The number of carbonyl (C=O) groups is 1. The Morgan fingerprint density at radius 1 is 0.844 bits per heavy atom. The van der Waals surface area contributed by atoms with E-state index in [2.05, 4.69) is 0 Å². The lowest BCUT2D eigenvalue weighted by Gasteiger charge is -2.06. The molecule has 0 aliphatic rings. The molecule has 1 aromatic heterocycles. The summed E-state index contributed by atoms with van der Waals surface area (Å²) in [5.74, 6) is 1.90. The summed E-state index contributed by atoms with van der Waals surface area (Å²) in [7, 11) is 1.37. The van der Waals surface area contributed by atoms with Crippen molar-refractivity contribution in [3.05, 3.63) is 96.4 Å². The summed E-state index contributed by atoms with van der Waals surface area (Å²) >= 11 is 0. The molecular weight excluding hydrogens is 402 g/mol. The SMILES string of the molecule is COC(=O)c1ccc(OCCCCc2nc(-c3ccccc3)c(-c3ccccc3)o2)cc1. The monoisotopic (exact) mass is 427 g/mol. The Morgan fingerprint density at radius 3 is 2.16 bits per heavy atom. The number of unbranched alkanes of at least 4 members (excludes halogenated alkanes) is 1. The average molecular weight is 428 g/mol. The van der Waals surface area contributed by atoms with E-state index in [0.29, 0.717) is 12.2 Å². The molecule has 1 heterocycles. The van der Waals surface area contributed by atoms with Gasteiger partial charge in [-0.3, -0.25) is 0 Å². The Morgan fingerprint density at radius 2 is 1.50 bits per heavy atom. The largest absolute Gasteiger partial charge is 0.494 e. The number of nitrogens with zero attached hydrogens (tertiary/aromatic N) is 1. The summed E-state index contributed by atoms with van der Waals surface area (Å²) in [5, 5.41) is 0. The van der Waals surface area contributed by atoms with Crippen LogP contribution in [0.5, 0.6) is 5.75 Å². The van der Waals surface area contributed by atoms with Crippen LogP contribution in [0.25, 0.3) is 22.6 Å². The fourth-order valence-corrected chi connectivity index (χ4v) is 3.42. The Kier molecular flexibility index (Phi) is 6.98. The lowest BCUT2D eigenvalue weighted by molar-refractivity contribution is 0.0600. The zero-order valence-corrected chi connectivity index (χ0v) is 18.0. The van der Waals surface area contributed by atoms with Gasteiger partial charge in [0.05, 0.1) is 19.3 Å². The van der Waals surface area contributed by atoms with Crippen LogP contribution in [0.1, 0.15) is 29.1 Å². The van der Waals surface area contributed by atoms with E-state index in [9.17, 15) is 4.79 Å². The molecule has 0 saturated heterocycles. The number of esters is 1. The topological polar surface area (TPSA) is 61.6 Å². The summed E-state index contributed by atoms with van der Waals surface area (Å²) in [6, 6.07) is 27.1. The molecule has 5 nitrogen and oxygen atoms in total. The van der Waals surface area contributed by atoms with Gasteiger partial charge in [0.25, 0.3) is 0 Å². The molecule has 32 heavy (non-hydrogen) atoms. The predicted octanol–water partition coefficient (Wildman–Crippen LogP) is 6.20. The molecule has 5 heteroatoms. The molecular formula is C27H25NO4. The second-order valence-corrected chi connectivity index (χ2v) is 7.34. The minimum absolute atomic E-state index is 0.354. The summed E-state index contributed by atoms with van der Waals surface area (Å²) in [5.41, 5.74) is 3.44. The van der Waals surface area contributed by atoms with E-state index in [0.717, 1.165) is 53.5 Å². The second kappa shape index (κ2) is 10.4. The van der Waals surface area contributed by atoms with Crippen molar-refractivity contribution in [3.63, 3.8) is 0 Å². The van der Waals surface area contributed by atoms with Crippen LogP contribution >= 0.6 is 0 Å². The van der Waals surface area contributed by atoms with Gasteiger partial charge in [-0.05, 0) is 37.1 Å². The van der Waals surface area contributed by atoms with E-state index < -0.39 is 0 Å². The number of hydrogen-bond acceptors (Lipinski definition) is 5. The number of aryl methyl sites for hydroxylation is 1. The molecule has 3 aromatic carbocycles. The van der Waals surface area contributed by atoms with Gasteiger partial charge in [-0.1, -0.05) is 60.7 Å². The lowest BCUT2D eigenvalue weighted by Crippen LogP contribution is -2.02. The zero-order chi connectivity index (χ0) is 22.2. The number of hydrogen-bond donors (Lipinski definition) is 0. The van der Waals surface area contributed by atoms with Gasteiger partial charge >= 0.3 is 5.97 Å².